The number of esters is 1. The quantitative estimate of drug-likeness (QED) is 0.537. The first-order chi connectivity index (χ1) is 9.36. The van der Waals surface area contributed by atoms with Crippen molar-refractivity contribution in [3.63, 3.8) is 0 Å². The topological polar surface area (TPSA) is 104 Å². The van der Waals surface area contributed by atoms with Crippen LogP contribution in [-0.2, 0) is 14.3 Å². The predicted octanol–water partition coefficient (Wildman–Crippen LogP) is 0.491. The van der Waals surface area contributed by atoms with E-state index in [0.717, 1.165) is 31.4 Å². The number of aliphatic hydroxyl groups excluding tert-OH is 2. The van der Waals surface area contributed by atoms with E-state index in [-0.39, 0.29) is 11.1 Å². The summed E-state index contributed by atoms with van der Waals surface area (Å²) in [7, 11) is 1.05. The first-order valence-corrected chi connectivity index (χ1v) is 5.51. The maximum absolute atomic E-state index is 13.4. The van der Waals surface area contributed by atoms with Crippen LogP contribution in [0.3, 0.4) is 0 Å². The summed E-state index contributed by atoms with van der Waals surface area (Å²) in [5.41, 5.74) is -0.0460. The molecular weight excluding hydrogens is 271 g/mol. The zero-order valence-electron chi connectivity index (χ0n) is 10.5. The Morgan fingerprint density at radius 1 is 1.35 bits per heavy atom. The molecule has 2 atom stereocenters. The number of aliphatic carboxylic acids is 1. The maximum atomic E-state index is 13.4. The third-order valence-electron chi connectivity index (χ3n) is 2.51. The second-order valence-corrected chi connectivity index (χ2v) is 3.87. The van der Waals surface area contributed by atoms with E-state index in [0.29, 0.717) is 0 Å². The Morgan fingerprint density at radius 2 is 2.00 bits per heavy atom. The van der Waals surface area contributed by atoms with E-state index >= 15 is 0 Å². The Hall–Kier alpha value is -2.25. The highest BCUT2D eigenvalue weighted by Crippen LogP contribution is 2.21. The molecule has 1 rings (SSSR count). The number of aliphatic hydroxyl groups is 2. The monoisotopic (exact) mass is 284 g/mol. The summed E-state index contributed by atoms with van der Waals surface area (Å²) in [6.07, 6.45) is -1.70. The standard InChI is InChI=1S/C13H13FO6/c1-20-13(19)12(18)11(17)8-2-4-9(14)7(6-8)3-5-10(15)16/h2-6,11-12,17-18H,1H3,(H,15,16)/b5-3+. The van der Waals surface area contributed by atoms with E-state index in [9.17, 15) is 24.2 Å². The zero-order chi connectivity index (χ0) is 15.3. The van der Waals surface area contributed by atoms with Crippen LogP contribution in [0.15, 0.2) is 24.3 Å². The predicted molar refractivity (Wildman–Crippen MR) is 66.1 cm³/mol. The fraction of sp³-hybridized carbons (Fsp3) is 0.231. The maximum Gasteiger partial charge on any atom is 0.337 e. The molecule has 1 aromatic rings. The van der Waals surface area contributed by atoms with Crippen molar-refractivity contribution in [1.29, 1.82) is 0 Å². The summed E-state index contributed by atoms with van der Waals surface area (Å²) in [5, 5.41) is 27.7. The highest BCUT2D eigenvalue weighted by atomic mass is 19.1. The highest BCUT2D eigenvalue weighted by molar-refractivity contribution is 5.85. The third kappa shape index (κ3) is 3.87. The molecule has 0 aliphatic rings. The van der Waals surface area contributed by atoms with Crippen LogP contribution in [0.4, 0.5) is 4.39 Å². The third-order valence-corrected chi connectivity index (χ3v) is 2.51. The lowest BCUT2D eigenvalue weighted by atomic mass is 10.0. The van der Waals surface area contributed by atoms with Gasteiger partial charge in [0.05, 0.1) is 7.11 Å². The Balaban J connectivity index is 3.05. The van der Waals surface area contributed by atoms with Gasteiger partial charge in [-0.05, 0) is 23.8 Å². The van der Waals surface area contributed by atoms with Crippen LogP contribution in [0.5, 0.6) is 0 Å². The van der Waals surface area contributed by atoms with E-state index in [1.807, 2.05) is 0 Å². The van der Waals surface area contributed by atoms with Gasteiger partial charge in [-0.25, -0.2) is 14.0 Å². The normalized spacial score (nSPS) is 14.0. The summed E-state index contributed by atoms with van der Waals surface area (Å²) in [6, 6.07) is 3.29. The van der Waals surface area contributed by atoms with Gasteiger partial charge in [0.1, 0.15) is 11.9 Å². The average molecular weight is 284 g/mol. The number of hydrogen-bond donors (Lipinski definition) is 3. The first-order valence-electron chi connectivity index (χ1n) is 5.51. The van der Waals surface area contributed by atoms with Crippen LogP contribution in [0.1, 0.15) is 17.2 Å². The minimum atomic E-state index is -1.82. The van der Waals surface area contributed by atoms with E-state index in [2.05, 4.69) is 4.74 Å². The van der Waals surface area contributed by atoms with Crippen LogP contribution < -0.4 is 0 Å². The van der Waals surface area contributed by atoms with Crippen LogP contribution in [0.2, 0.25) is 0 Å². The number of methoxy groups -OCH3 is 1. The fourth-order valence-corrected chi connectivity index (χ4v) is 1.47. The lowest BCUT2D eigenvalue weighted by Gasteiger charge is -2.16. The molecule has 0 aliphatic carbocycles. The summed E-state index contributed by atoms with van der Waals surface area (Å²) >= 11 is 0. The number of benzene rings is 1. The SMILES string of the molecule is COC(=O)C(O)C(O)c1ccc(F)c(/C=C/C(=O)O)c1. The van der Waals surface area contributed by atoms with Gasteiger partial charge in [0.25, 0.3) is 0 Å². The lowest BCUT2D eigenvalue weighted by molar-refractivity contribution is -0.156. The van der Waals surface area contributed by atoms with Crippen molar-refractivity contribution in [2.24, 2.45) is 0 Å². The van der Waals surface area contributed by atoms with E-state index in [4.69, 9.17) is 5.11 Å². The summed E-state index contributed by atoms with van der Waals surface area (Å²) in [5.74, 6) is -3.00. The van der Waals surface area contributed by atoms with Gasteiger partial charge in [0, 0.05) is 11.6 Å². The van der Waals surface area contributed by atoms with Crippen LogP contribution in [0, 0.1) is 5.82 Å². The minimum absolute atomic E-state index is 0.0503. The number of halogens is 1. The number of carbonyl (C=O) groups excluding carboxylic acids is 1. The van der Waals surface area contributed by atoms with Gasteiger partial charge >= 0.3 is 11.9 Å². The molecule has 108 valence electrons. The molecule has 1 aromatic carbocycles. The van der Waals surface area contributed by atoms with Crippen LogP contribution in [-0.4, -0.2) is 40.5 Å². The molecule has 0 aliphatic heterocycles. The van der Waals surface area contributed by atoms with Crippen molar-refractivity contribution in [1.82, 2.24) is 0 Å². The Kier molecular flexibility index (Phi) is 5.36. The first kappa shape index (κ1) is 15.8. The molecule has 0 aromatic heterocycles. The van der Waals surface area contributed by atoms with Crippen molar-refractivity contribution >= 4 is 18.0 Å². The average Bonchev–Trinajstić information content (AvgIpc) is 2.43. The van der Waals surface area contributed by atoms with Gasteiger partial charge in [0.2, 0.25) is 0 Å². The van der Waals surface area contributed by atoms with E-state index in [1.54, 1.807) is 0 Å². The van der Waals surface area contributed by atoms with Gasteiger partial charge in [-0.1, -0.05) is 6.07 Å². The summed E-state index contributed by atoms with van der Waals surface area (Å²) in [6.45, 7) is 0. The molecule has 7 heteroatoms. The number of rotatable bonds is 5. The smallest absolute Gasteiger partial charge is 0.337 e. The Bertz CT molecular complexity index is 540. The van der Waals surface area contributed by atoms with Crippen molar-refractivity contribution in [3.8, 4) is 0 Å². The molecule has 0 spiro atoms. The van der Waals surface area contributed by atoms with Crippen molar-refractivity contribution in [2.45, 2.75) is 12.2 Å². The van der Waals surface area contributed by atoms with Crippen molar-refractivity contribution in [3.05, 3.63) is 41.2 Å². The molecule has 0 amide bonds. The molecule has 20 heavy (non-hydrogen) atoms. The molecule has 0 saturated heterocycles. The summed E-state index contributed by atoms with van der Waals surface area (Å²) in [4.78, 5) is 21.5. The minimum Gasteiger partial charge on any atom is -0.478 e. The molecule has 6 nitrogen and oxygen atoms in total. The molecular formula is C13H13FO6. The van der Waals surface area contributed by atoms with E-state index in [1.165, 1.54) is 6.07 Å². The van der Waals surface area contributed by atoms with Gasteiger partial charge in [-0.2, -0.15) is 0 Å². The number of carboxylic acid groups (broad SMARTS) is 1. The molecule has 2 unspecified atom stereocenters. The second-order valence-electron chi connectivity index (χ2n) is 3.87. The fourth-order valence-electron chi connectivity index (χ4n) is 1.47. The Morgan fingerprint density at radius 3 is 2.55 bits per heavy atom. The molecule has 0 fully saturated rings. The molecule has 0 bridgehead atoms. The largest absolute Gasteiger partial charge is 0.478 e. The molecule has 3 N–H and O–H groups in total. The second kappa shape index (κ2) is 6.78. The lowest BCUT2D eigenvalue weighted by Crippen LogP contribution is -2.29. The van der Waals surface area contributed by atoms with E-state index < -0.39 is 30.0 Å². The number of carbonyl (C=O) groups is 2. The summed E-state index contributed by atoms with van der Waals surface area (Å²) < 4.78 is 17.7. The Labute approximate surface area is 113 Å². The van der Waals surface area contributed by atoms with Gasteiger partial charge in [0.15, 0.2) is 6.10 Å². The molecule has 0 heterocycles. The number of ether oxygens (including phenoxy) is 1. The van der Waals surface area contributed by atoms with Gasteiger partial charge < -0.3 is 20.1 Å². The van der Waals surface area contributed by atoms with Gasteiger partial charge in [-0.3, -0.25) is 0 Å². The van der Waals surface area contributed by atoms with Crippen molar-refractivity contribution < 1.29 is 34.0 Å². The highest BCUT2D eigenvalue weighted by Gasteiger charge is 2.26. The molecule has 0 saturated carbocycles. The number of carboxylic acids is 1. The molecule has 0 radical (unpaired) electrons. The van der Waals surface area contributed by atoms with Crippen LogP contribution in [0.25, 0.3) is 6.08 Å². The van der Waals surface area contributed by atoms with Crippen molar-refractivity contribution in [2.75, 3.05) is 7.11 Å². The van der Waals surface area contributed by atoms with Crippen LogP contribution >= 0.6 is 0 Å². The number of hydrogen-bond acceptors (Lipinski definition) is 5. The van der Waals surface area contributed by atoms with Gasteiger partial charge in [-0.15, -0.1) is 0 Å². The zero-order valence-corrected chi connectivity index (χ0v) is 10.5.